The summed E-state index contributed by atoms with van der Waals surface area (Å²) in [7, 11) is 0. The number of fused-ring (bicyclic) bond motifs is 3. The van der Waals surface area contributed by atoms with Crippen LogP contribution in [0.25, 0.3) is 6.08 Å². The SMILES string of the molecule is CCC/C(=C\c1ccc(CO)o1)CC[C@H]1OC[C@H]2C1=C(CO)C[C@H]1C(=O)N(c3cccc([N+](=O)[O-])c3)C(=O)[C@H]12. The van der Waals surface area contributed by atoms with Crippen LogP contribution in [0.5, 0.6) is 0 Å². The third-order valence-electron chi connectivity index (χ3n) is 7.98. The Kier molecular flexibility index (Phi) is 7.79. The van der Waals surface area contributed by atoms with E-state index >= 15 is 0 Å². The average Bonchev–Trinajstić information content (AvgIpc) is 3.63. The molecule has 0 saturated carbocycles. The van der Waals surface area contributed by atoms with Crippen LogP contribution in [-0.2, 0) is 20.9 Å². The van der Waals surface area contributed by atoms with Gasteiger partial charge in [-0.3, -0.25) is 19.7 Å². The van der Waals surface area contributed by atoms with Crippen LogP contribution in [0.3, 0.4) is 0 Å². The number of furan rings is 1. The summed E-state index contributed by atoms with van der Waals surface area (Å²) in [6, 6.07) is 9.12. The minimum Gasteiger partial charge on any atom is -0.459 e. The lowest BCUT2D eigenvalue weighted by molar-refractivity contribution is -0.384. The maximum absolute atomic E-state index is 13.6. The molecule has 2 amide bonds. The van der Waals surface area contributed by atoms with E-state index in [4.69, 9.17) is 9.15 Å². The minimum absolute atomic E-state index is 0.158. The Balaban J connectivity index is 1.37. The number of nitro benzene ring substituents is 1. The summed E-state index contributed by atoms with van der Waals surface area (Å²) in [6.45, 7) is 1.99. The summed E-state index contributed by atoms with van der Waals surface area (Å²) < 4.78 is 11.8. The number of non-ortho nitro benzene ring substituents is 1. The van der Waals surface area contributed by atoms with Gasteiger partial charge in [-0.1, -0.05) is 25.0 Å². The monoisotopic (exact) mass is 536 g/mol. The van der Waals surface area contributed by atoms with Gasteiger partial charge in [0.05, 0.1) is 41.8 Å². The number of allylic oxidation sites excluding steroid dienone is 1. The number of amides is 2. The van der Waals surface area contributed by atoms with Gasteiger partial charge in [0, 0.05) is 18.1 Å². The molecule has 0 bridgehead atoms. The lowest BCUT2D eigenvalue weighted by Crippen LogP contribution is -2.35. The predicted octanol–water partition coefficient (Wildman–Crippen LogP) is 4.16. The van der Waals surface area contributed by atoms with E-state index in [9.17, 15) is 29.9 Å². The first kappa shape index (κ1) is 27.0. The van der Waals surface area contributed by atoms with E-state index in [1.165, 1.54) is 29.8 Å². The Labute approximate surface area is 225 Å². The summed E-state index contributed by atoms with van der Waals surface area (Å²) in [5.41, 5.74) is 2.82. The molecule has 2 aliphatic heterocycles. The maximum Gasteiger partial charge on any atom is 0.271 e. The molecule has 1 aliphatic carbocycles. The van der Waals surface area contributed by atoms with Crippen molar-refractivity contribution in [2.45, 2.75) is 51.7 Å². The number of ether oxygens (including phenoxy) is 1. The highest BCUT2D eigenvalue weighted by molar-refractivity contribution is 6.22. The van der Waals surface area contributed by atoms with E-state index in [0.717, 1.165) is 35.3 Å². The number of rotatable bonds is 10. The van der Waals surface area contributed by atoms with Crippen molar-refractivity contribution in [3.8, 4) is 0 Å². The van der Waals surface area contributed by atoms with Gasteiger partial charge in [0.1, 0.15) is 18.1 Å². The molecule has 4 atom stereocenters. The lowest BCUT2D eigenvalue weighted by atomic mass is 9.69. The van der Waals surface area contributed by atoms with Crippen molar-refractivity contribution in [2.75, 3.05) is 18.1 Å². The highest BCUT2D eigenvalue weighted by atomic mass is 16.6. The first-order valence-corrected chi connectivity index (χ1v) is 13.3. The Hall–Kier alpha value is -3.60. The van der Waals surface area contributed by atoms with Crippen molar-refractivity contribution >= 4 is 29.3 Å². The Morgan fingerprint density at radius 1 is 1.13 bits per heavy atom. The standard InChI is InChI=1S/C29H32N2O8/c1-2-4-17(11-21-8-9-22(15-33)39-21)7-10-25-26-18(14-32)12-23-27(24(26)16-38-25)29(35)30(28(23)34)19-5-3-6-20(13-19)31(36)37/h3,5-6,8-9,11,13,23-25,27,32-33H,2,4,7,10,12,14-16H2,1H3/b17-11+/t23-,24+,25-,27-/m1/s1. The van der Waals surface area contributed by atoms with Gasteiger partial charge in [0.2, 0.25) is 11.8 Å². The highest BCUT2D eigenvalue weighted by Crippen LogP contribution is 2.50. The molecule has 1 aromatic heterocycles. The molecule has 3 aliphatic rings. The van der Waals surface area contributed by atoms with Crippen molar-refractivity contribution in [3.05, 3.63) is 74.8 Å². The third kappa shape index (κ3) is 5.07. The van der Waals surface area contributed by atoms with Crippen LogP contribution in [0.4, 0.5) is 11.4 Å². The zero-order chi connectivity index (χ0) is 27.7. The molecule has 2 aromatic rings. The number of benzene rings is 1. The number of imide groups is 1. The number of hydrogen-bond acceptors (Lipinski definition) is 8. The zero-order valence-corrected chi connectivity index (χ0v) is 21.7. The fraction of sp³-hybridized carbons (Fsp3) is 0.448. The molecular weight excluding hydrogens is 504 g/mol. The van der Waals surface area contributed by atoms with Gasteiger partial charge in [-0.2, -0.15) is 0 Å². The molecule has 2 fully saturated rings. The predicted molar refractivity (Wildman–Crippen MR) is 141 cm³/mol. The molecule has 10 heteroatoms. The van der Waals surface area contributed by atoms with Gasteiger partial charge < -0.3 is 19.4 Å². The van der Waals surface area contributed by atoms with Crippen molar-refractivity contribution in [2.24, 2.45) is 17.8 Å². The summed E-state index contributed by atoms with van der Waals surface area (Å²) >= 11 is 0. The summed E-state index contributed by atoms with van der Waals surface area (Å²) in [5, 5.41) is 30.8. The van der Waals surface area contributed by atoms with E-state index in [1.54, 1.807) is 6.07 Å². The summed E-state index contributed by atoms with van der Waals surface area (Å²) in [4.78, 5) is 38.8. The molecule has 2 N–H and O–H groups in total. The smallest absolute Gasteiger partial charge is 0.271 e. The van der Waals surface area contributed by atoms with Gasteiger partial charge in [-0.15, -0.1) is 0 Å². The molecule has 1 aromatic carbocycles. The number of carbonyl (C=O) groups is 2. The van der Waals surface area contributed by atoms with Gasteiger partial charge >= 0.3 is 0 Å². The first-order valence-electron chi connectivity index (χ1n) is 13.3. The molecule has 2 saturated heterocycles. The average molecular weight is 537 g/mol. The van der Waals surface area contributed by atoms with Crippen LogP contribution in [-0.4, -0.2) is 46.3 Å². The molecule has 3 heterocycles. The van der Waals surface area contributed by atoms with Crippen LogP contribution in [0.15, 0.2) is 57.5 Å². The van der Waals surface area contributed by atoms with Crippen molar-refractivity contribution in [1.82, 2.24) is 0 Å². The van der Waals surface area contributed by atoms with E-state index in [2.05, 4.69) is 6.92 Å². The third-order valence-corrected chi connectivity index (χ3v) is 7.98. The van der Waals surface area contributed by atoms with Crippen LogP contribution >= 0.6 is 0 Å². The van der Waals surface area contributed by atoms with E-state index in [1.807, 2.05) is 12.1 Å². The molecular formula is C29H32N2O8. The van der Waals surface area contributed by atoms with Crippen molar-refractivity contribution in [3.63, 3.8) is 0 Å². The van der Waals surface area contributed by atoms with E-state index in [0.29, 0.717) is 17.9 Å². The molecule has 206 valence electrons. The Morgan fingerprint density at radius 3 is 2.64 bits per heavy atom. The van der Waals surface area contributed by atoms with Gasteiger partial charge in [-0.05, 0) is 61.1 Å². The van der Waals surface area contributed by atoms with Crippen molar-refractivity contribution in [1.29, 1.82) is 0 Å². The van der Waals surface area contributed by atoms with Crippen LogP contribution in [0.2, 0.25) is 0 Å². The number of hydrogen-bond donors (Lipinski definition) is 2. The van der Waals surface area contributed by atoms with Crippen molar-refractivity contribution < 1.29 is 33.9 Å². The number of aliphatic hydroxyl groups is 2. The molecule has 39 heavy (non-hydrogen) atoms. The van der Waals surface area contributed by atoms with Gasteiger partial charge in [-0.25, -0.2) is 4.90 Å². The zero-order valence-electron chi connectivity index (χ0n) is 21.7. The molecule has 5 rings (SSSR count). The largest absolute Gasteiger partial charge is 0.459 e. The van der Waals surface area contributed by atoms with E-state index in [-0.39, 0.29) is 55.5 Å². The summed E-state index contributed by atoms with van der Waals surface area (Å²) in [5.74, 6) is -1.18. The van der Waals surface area contributed by atoms with Crippen LogP contribution < -0.4 is 4.90 Å². The first-order chi connectivity index (χ1) is 18.9. The van der Waals surface area contributed by atoms with E-state index < -0.39 is 22.7 Å². The molecule has 0 radical (unpaired) electrons. The number of nitrogens with zero attached hydrogens (tertiary/aromatic N) is 2. The molecule has 0 unspecified atom stereocenters. The second kappa shape index (κ2) is 11.3. The van der Waals surface area contributed by atoms with Crippen LogP contribution in [0, 0.1) is 27.9 Å². The number of carbonyl (C=O) groups excluding carboxylic acids is 2. The summed E-state index contributed by atoms with van der Waals surface area (Å²) in [6.07, 6.45) is 5.17. The topological polar surface area (TPSA) is 143 Å². The quantitative estimate of drug-likeness (QED) is 0.199. The minimum atomic E-state index is -0.634. The Morgan fingerprint density at radius 2 is 1.95 bits per heavy atom. The van der Waals surface area contributed by atoms with Gasteiger partial charge in [0.15, 0.2) is 0 Å². The maximum atomic E-state index is 13.6. The lowest BCUT2D eigenvalue weighted by Gasteiger charge is -2.31. The molecule has 0 spiro atoms. The Bertz CT molecular complexity index is 1340. The van der Waals surface area contributed by atoms with Crippen LogP contribution in [0.1, 0.15) is 50.5 Å². The normalized spacial score (nSPS) is 24.9. The number of aliphatic hydroxyl groups excluding tert-OH is 2. The second-order valence-corrected chi connectivity index (χ2v) is 10.3. The molecule has 10 nitrogen and oxygen atoms in total. The van der Waals surface area contributed by atoms with Gasteiger partial charge in [0.25, 0.3) is 5.69 Å². The fourth-order valence-electron chi connectivity index (χ4n) is 6.28. The highest BCUT2D eigenvalue weighted by Gasteiger charge is 2.57. The number of nitro groups is 1. The second-order valence-electron chi connectivity index (χ2n) is 10.3. The fourth-order valence-corrected chi connectivity index (χ4v) is 6.28. The number of anilines is 1.